The first-order valence-electron chi connectivity index (χ1n) is 6.22. The molecule has 0 aromatic carbocycles. The van der Waals surface area contributed by atoms with Crippen molar-refractivity contribution in [2.75, 3.05) is 0 Å². The maximum absolute atomic E-state index is 12.0. The van der Waals surface area contributed by atoms with E-state index < -0.39 is 35.4 Å². The van der Waals surface area contributed by atoms with Gasteiger partial charge in [-0.25, -0.2) is 9.59 Å². The van der Waals surface area contributed by atoms with E-state index >= 15 is 0 Å². The van der Waals surface area contributed by atoms with Gasteiger partial charge in [-0.2, -0.15) is 0 Å². The Morgan fingerprint density at radius 2 is 1.53 bits per heavy atom. The quantitative estimate of drug-likeness (QED) is 0.768. The Labute approximate surface area is 114 Å². The monoisotopic (exact) mass is 275 g/mol. The average Bonchev–Trinajstić information content (AvgIpc) is 2.07. The van der Waals surface area contributed by atoms with Crippen molar-refractivity contribution in [3.63, 3.8) is 0 Å². The lowest BCUT2D eigenvalue weighted by atomic mass is 10.1. The molecule has 19 heavy (non-hydrogen) atoms. The molecule has 0 heterocycles. The third kappa shape index (κ3) is 8.42. The van der Waals surface area contributed by atoms with E-state index in [-0.39, 0.29) is 0 Å². The molecule has 2 atom stereocenters. The summed E-state index contributed by atoms with van der Waals surface area (Å²) in [6, 6.07) is -1.06. The zero-order valence-electron chi connectivity index (χ0n) is 12.7. The Hall–Kier alpha value is -1.30. The molecule has 0 spiro atoms. The molecule has 6 nitrogen and oxygen atoms in total. The lowest BCUT2D eigenvalue weighted by Crippen LogP contribution is -2.52. The summed E-state index contributed by atoms with van der Waals surface area (Å²) in [6.45, 7) is 12.3. The Morgan fingerprint density at radius 1 is 1.05 bits per heavy atom. The van der Waals surface area contributed by atoms with Crippen LogP contribution in [0.25, 0.3) is 0 Å². The van der Waals surface area contributed by atoms with Gasteiger partial charge in [0.15, 0.2) is 6.04 Å². The Morgan fingerprint density at radius 3 is 1.84 bits per heavy atom. The second-order valence-electron chi connectivity index (χ2n) is 6.40. The van der Waals surface area contributed by atoms with Crippen LogP contribution in [0.1, 0.15) is 48.5 Å². The van der Waals surface area contributed by atoms with Crippen molar-refractivity contribution in [1.29, 1.82) is 0 Å². The van der Waals surface area contributed by atoms with E-state index in [0.717, 1.165) is 0 Å². The summed E-state index contributed by atoms with van der Waals surface area (Å²) in [7, 11) is 0. The van der Waals surface area contributed by atoms with Crippen LogP contribution in [0.2, 0.25) is 0 Å². The predicted molar refractivity (Wildman–Crippen MR) is 71.1 cm³/mol. The number of carbonyl (C=O) groups excluding carboxylic acids is 1. The first kappa shape index (κ1) is 17.7. The molecule has 0 aromatic heterocycles. The Balaban J connectivity index is 4.90. The van der Waals surface area contributed by atoms with Gasteiger partial charge >= 0.3 is 12.1 Å². The number of amides is 1. The average molecular weight is 275 g/mol. The van der Waals surface area contributed by atoms with Gasteiger partial charge < -0.3 is 19.9 Å². The van der Waals surface area contributed by atoms with Gasteiger partial charge in [0, 0.05) is 0 Å². The van der Waals surface area contributed by atoms with Crippen molar-refractivity contribution < 1.29 is 24.2 Å². The first-order chi connectivity index (χ1) is 8.32. The highest BCUT2D eigenvalue weighted by Gasteiger charge is 2.33. The molecule has 0 bridgehead atoms. The maximum atomic E-state index is 12.0. The van der Waals surface area contributed by atoms with Gasteiger partial charge in [-0.15, -0.1) is 0 Å². The highest BCUT2D eigenvalue weighted by Crippen LogP contribution is 2.16. The van der Waals surface area contributed by atoms with Gasteiger partial charge in [0.1, 0.15) is 5.60 Å². The van der Waals surface area contributed by atoms with E-state index in [0.29, 0.717) is 0 Å². The third-order valence-electron chi connectivity index (χ3n) is 1.95. The summed E-state index contributed by atoms with van der Waals surface area (Å²) in [4.78, 5) is 22.8. The molecule has 0 unspecified atom stereocenters. The lowest BCUT2D eigenvalue weighted by molar-refractivity contribution is -0.164. The summed E-state index contributed by atoms with van der Waals surface area (Å²) in [5.41, 5.74) is -1.17. The molecule has 0 fully saturated rings. The normalized spacial score (nSPS) is 15.5. The number of carboxylic acid groups (broad SMARTS) is 1. The van der Waals surface area contributed by atoms with Crippen LogP contribution in [-0.4, -0.2) is 40.5 Å². The first-order valence-corrected chi connectivity index (χ1v) is 6.22. The lowest BCUT2D eigenvalue weighted by Gasteiger charge is -2.31. The fourth-order valence-electron chi connectivity index (χ4n) is 1.49. The summed E-state index contributed by atoms with van der Waals surface area (Å²) < 4.78 is 10.8. The van der Waals surface area contributed by atoms with Crippen molar-refractivity contribution in [2.45, 2.75) is 71.8 Å². The number of ether oxygens (including phenoxy) is 2. The molecule has 0 aliphatic rings. The topological polar surface area (TPSA) is 84.9 Å². The maximum Gasteiger partial charge on any atom is 0.405 e. The number of hydrogen-bond donors (Lipinski definition) is 2. The smallest absolute Gasteiger partial charge is 0.405 e. The SMILES string of the molecule is C[C@H](OC(C)(C)C)[C@@H](NC(=O)O)C(=O)OC(C)(C)C. The minimum atomic E-state index is -1.29. The van der Waals surface area contributed by atoms with Crippen molar-refractivity contribution in [1.82, 2.24) is 5.32 Å². The molecular weight excluding hydrogens is 250 g/mol. The third-order valence-corrected chi connectivity index (χ3v) is 1.95. The second kappa shape index (κ2) is 6.23. The van der Waals surface area contributed by atoms with Crippen LogP contribution in [0.4, 0.5) is 4.79 Å². The summed E-state index contributed by atoms with van der Waals surface area (Å²) in [5.74, 6) is -0.647. The zero-order valence-corrected chi connectivity index (χ0v) is 12.7. The number of hydrogen-bond acceptors (Lipinski definition) is 4. The van der Waals surface area contributed by atoms with Crippen molar-refractivity contribution >= 4 is 12.1 Å². The van der Waals surface area contributed by atoms with Gasteiger partial charge in [-0.05, 0) is 48.5 Å². The molecule has 6 heteroatoms. The number of rotatable bonds is 4. The van der Waals surface area contributed by atoms with Crippen molar-refractivity contribution in [3.8, 4) is 0 Å². The van der Waals surface area contributed by atoms with E-state index in [1.54, 1.807) is 27.7 Å². The highest BCUT2D eigenvalue weighted by molar-refractivity contribution is 5.81. The molecule has 0 saturated heterocycles. The van der Waals surface area contributed by atoms with Crippen molar-refractivity contribution in [2.24, 2.45) is 0 Å². The molecule has 0 rings (SSSR count). The molecule has 0 aliphatic heterocycles. The fourth-order valence-corrected chi connectivity index (χ4v) is 1.49. The fraction of sp³-hybridized carbons (Fsp3) is 0.846. The van der Waals surface area contributed by atoms with E-state index in [1.807, 2.05) is 20.8 Å². The van der Waals surface area contributed by atoms with Gasteiger partial charge in [-0.3, -0.25) is 0 Å². The van der Waals surface area contributed by atoms with E-state index in [9.17, 15) is 9.59 Å². The number of esters is 1. The van der Waals surface area contributed by atoms with Gasteiger partial charge in [0.25, 0.3) is 0 Å². The standard InChI is InChI=1S/C13H25NO5/c1-8(18-12(2,3)4)9(14-11(16)17)10(15)19-13(5,6)7/h8-9,14H,1-7H3,(H,16,17)/t8-,9+/m0/s1. The number of nitrogens with one attached hydrogen (secondary N) is 1. The number of carbonyl (C=O) groups is 2. The molecule has 1 amide bonds. The Kier molecular flexibility index (Phi) is 5.81. The van der Waals surface area contributed by atoms with E-state index in [1.165, 1.54) is 0 Å². The minimum Gasteiger partial charge on any atom is -0.465 e. The van der Waals surface area contributed by atoms with Gasteiger partial charge in [-0.1, -0.05) is 0 Å². The van der Waals surface area contributed by atoms with Crippen LogP contribution in [0.5, 0.6) is 0 Å². The molecule has 0 aliphatic carbocycles. The van der Waals surface area contributed by atoms with Crippen LogP contribution >= 0.6 is 0 Å². The summed E-state index contributed by atoms with van der Waals surface area (Å²) >= 11 is 0. The highest BCUT2D eigenvalue weighted by atomic mass is 16.6. The van der Waals surface area contributed by atoms with Gasteiger partial charge in [0.2, 0.25) is 0 Å². The van der Waals surface area contributed by atoms with Crippen LogP contribution < -0.4 is 5.32 Å². The van der Waals surface area contributed by atoms with E-state index in [2.05, 4.69) is 5.32 Å². The van der Waals surface area contributed by atoms with Crippen molar-refractivity contribution in [3.05, 3.63) is 0 Å². The summed E-state index contributed by atoms with van der Waals surface area (Å²) in [6.07, 6.45) is -1.92. The van der Waals surface area contributed by atoms with Crippen LogP contribution in [0.15, 0.2) is 0 Å². The zero-order chi connectivity index (χ0) is 15.4. The molecular formula is C13H25NO5. The molecule has 0 aromatic rings. The largest absolute Gasteiger partial charge is 0.465 e. The minimum absolute atomic E-state index is 0.486. The van der Waals surface area contributed by atoms with Crippen LogP contribution in [0, 0.1) is 0 Å². The predicted octanol–water partition coefficient (Wildman–Crippen LogP) is 2.17. The molecule has 2 N–H and O–H groups in total. The van der Waals surface area contributed by atoms with Gasteiger partial charge in [0.05, 0.1) is 11.7 Å². The van der Waals surface area contributed by atoms with E-state index in [4.69, 9.17) is 14.6 Å². The second-order valence-corrected chi connectivity index (χ2v) is 6.40. The molecule has 0 saturated carbocycles. The molecule has 112 valence electrons. The summed E-state index contributed by atoms with van der Waals surface area (Å²) in [5, 5.41) is 10.9. The van der Waals surface area contributed by atoms with Crippen LogP contribution in [0.3, 0.4) is 0 Å². The van der Waals surface area contributed by atoms with Crippen LogP contribution in [-0.2, 0) is 14.3 Å². The molecule has 0 radical (unpaired) electrons. The Bertz CT molecular complexity index is 327.